The van der Waals surface area contributed by atoms with Gasteiger partial charge in [0.25, 0.3) is 0 Å². The van der Waals surface area contributed by atoms with E-state index in [1.807, 2.05) is 0 Å². The number of aromatic amines is 1. The molecule has 0 radical (unpaired) electrons. The number of carboxylic acid groups (broad SMARTS) is 1. The Morgan fingerprint density at radius 1 is 0.950 bits per heavy atom. The van der Waals surface area contributed by atoms with Crippen LogP contribution in [0.4, 0.5) is 0 Å². The van der Waals surface area contributed by atoms with Crippen molar-refractivity contribution in [2.75, 3.05) is 13.2 Å². The third-order valence-electron chi connectivity index (χ3n) is 5.71. The maximum absolute atomic E-state index is 13.3. The summed E-state index contributed by atoms with van der Waals surface area (Å²) in [6, 6.07) is 0.776. The fraction of sp³-hybridized carbons (Fsp3) is 0.417. The second-order valence-electron chi connectivity index (χ2n) is 8.91. The van der Waals surface area contributed by atoms with Gasteiger partial charge in [-0.25, -0.2) is 9.78 Å². The van der Waals surface area contributed by atoms with Crippen molar-refractivity contribution < 1.29 is 34.5 Å². The molecule has 0 aliphatic heterocycles. The molecule has 218 valence electrons. The van der Waals surface area contributed by atoms with Crippen LogP contribution >= 0.6 is 0 Å². The predicted molar refractivity (Wildman–Crippen MR) is 143 cm³/mol. The van der Waals surface area contributed by atoms with Crippen molar-refractivity contribution in [1.82, 2.24) is 25.9 Å². The number of guanidine groups is 1. The number of aliphatic imine (C=N–C) groups is 1. The van der Waals surface area contributed by atoms with E-state index in [1.165, 1.54) is 36.8 Å². The van der Waals surface area contributed by atoms with E-state index >= 15 is 0 Å². The molecule has 16 heteroatoms. The Hall–Kier alpha value is -4.70. The SMILES string of the molecule is NC(N)=NCCC[C@H](NC(=O)[C@@H](N)CO)C(=O)N[C@@H](Cc1ccc(O)cc1)C(=O)N[C@@H](Cc1cnc[nH]1)C(=O)O. The van der Waals surface area contributed by atoms with E-state index in [-0.39, 0.29) is 43.9 Å². The molecule has 0 spiro atoms. The van der Waals surface area contributed by atoms with Crippen molar-refractivity contribution in [1.29, 1.82) is 0 Å². The van der Waals surface area contributed by atoms with Crippen LogP contribution in [0.5, 0.6) is 5.75 Å². The first kappa shape index (κ1) is 31.5. The zero-order chi connectivity index (χ0) is 29.7. The summed E-state index contributed by atoms with van der Waals surface area (Å²) >= 11 is 0. The first-order chi connectivity index (χ1) is 19.0. The average molecular weight is 562 g/mol. The molecule has 4 atom stereocenters. The highest BCUT2D eigenvalue weighted by molar-refractivity contribution is 5.94. The number of aromatic nitrogens is 2. The van der Waals surface area contributed by atoms with E-state index in [1.54, 1.807) is 0 Å². The van der Waals surface area contributed by atoms with E-state index in [0.29, 0.717) is 11.3 Å². The van der Waals surface area contributed by atoms with Crippen molar-refractivity contribution in [3.05, 3.63) is 48.0 Å². The van der Waals surface area contributed by atoms with E-state index in [2.05, 4.69) is 30.9 Å². The van der Waals surface area contributed by atoms with Crippen LogP contribution in [-0.4, -0.2) is 92.3 Å². The number of phenolic OH excluding ortho intramolecular Hbond substituents is 1. The van der Waals surface area contributed by atoms with Gasteiger partial charge in [-0.1, -0.05) is 12.1 Å². The van der Waals surface area contributed by atoms with Crippen molar-refractivity contribution in [3.63, 3.8) is 0 Å². The van der Waals surface area contributed by atoms with Crippen LogP contribution in [0.25, 0.3) is 0 Å². The molecule has 16 nitrogen and oxygen atoms in total. The molecule has 13 N–H and O–H groups in total. The highest BCUT2D eigenvalue weighted by Gasteiger charge is 2.30. The number of aromatic hydroxyl groups is 1. The normalized spacial score (nSPS) is 13.8. The molecule has 1 aromatic carbocycles. The van der Waals surface area contributed by atoms with Crippen LogP contribution in [0.3, 0.4) is 0 Å². The Kier molecular flexibility index (Phi) is 12.3. The van der Waals surface area contributed by atoms with Gasteiger partial charge in [-0.3, -0.25) is 19.4 Å². The van der Waals surface area contributed by atoms with E-state index in [4.69, 9.17) is 17.2 Å². The van der Waals surface area contributed by atoms with Crippen LogP contribution in [0, 0.1) is 0 Å². The number of hydrogen-bond acceptors (Lipinski definition) is 9. The van der Waals surface area contributed by atoms with Crippen LogP contribution in [0.15, 0.2) is 41.8 Å². The summed E-state index contributed by atoms with van der Waals surface area (Å²) < 4.78 is 0. The molecule has 0 fully saturated rings. The number of imidazole rings is 1. The lowest BCUT2D eigenvalue weighted by Crippen LogP contribution is -2.58. The smallest absolute Gasteiger partial charge is 0.326 e. The minimum atomic E-state index is -1.34. The Balaban J connectivity index is 2.26. The van der Waals surface area contributed by atoms with E-state index in [0.717, 1.165) is 0 Å². The number of phenols is 1. The van der Waals surface area contributed by atoms with Gasteiger partial charge in [0, 0.05) is 31.3 Å². The third kappa shape index (κ3) is 10.6. The number of hydrogen-bond donors (Lipinski definition) is 10. The molecule has 1 aromatic heterocycles. The number of carbonyl (C=O) groups is 4. The lowest BCUT2D eigenvalue weighted by atomic mass is 10.0. The van der Waals surface area contributed by atoms with Gasteiger partial charge in [-0.2, -0.15) is 0 Å². The van der Waals surface area contributed by atoms with Gasteiger partial charge in [0.1, 0.15) is 29.9 Å². The minimum Gasteiger partial charge on any atom is -0.508 e. The molecule has 0 unspecified atom stereocenters. The molecule has 1 heterocycles. The fourth-order valence-electron chi connectivity index (χ4n) is 3.57. The van der Waals surface area contributed by atoms with Crippen LogP contribution in [-0.2, 0) is 32.0 Å². The molecule has 2 aromatic rings. The third-order valence-corrected chi connectivity index (χ3v) is 5.71. The second kappa shape index (κ2) is 15.6. The standard InChI is InChI=1S/C24H35N9O7/c25-16(11-34)20(36)31-17(2-1-7-29-24(26)27)21(37)32-18(8-13-3-5-15(35)6-4-13)22(38)33-19(23(39)40)9-14-10-28-12-30-14/h3-6,10,12,16-19,34-35H,1-2,7-9,11,25H2,(H,28,30)(H,31,36)(H,32,37)(H,33,38)(H,39,40)(H4,26,27,29)/t16-,17-,18-,19-/m0/s1. The van der Waals surface area contributed by atoms with Crippen LogP contribution in [0.1, 0.15) is 24.1 Å². The number of nitrogens with two attached hydrogens (primary N) is 3. The monoisotopic (exact) mass is 561 g/mol. The number of aliphatic hydroxyl groups is 1. The molecule has 0 aliphatic carbocycles. The molecular formula is C24H35N9O7. The molecule has 40 heavy (non-hydrogen) atoms. The van der Waals surface area contributed by atoms with Gasteiger partial charge in [0.05, 0.1) is 12.9 Å². The van der Waals surface area contributed by atoms with Crippen molar-refractivity contribution in [2.45, 2.75) is 49.9 Å². The maximum atomic E-state index is 13.3. The number of rotatable bonds is 16. The lowest BCUT2D eigenvalue weighted by Gasteiger charge is -2.25. The highest BCUT2D eigenvalue weighted by atomic mass is 16.4. The number of aliphatic carboxylic acids is 1. The Bertz CT molecular complexity index is 1150. The van der Waals surface area contributed by atoms with Crippen LogP contribution in [0.2, 0.25) is 0 Å². The first-order valence-corrected chi connectivity index (χ1v) is 12.3. The summed E-state index contributed by atoms with van der Waals surface area (Å²) in [6.07, 6.45) is 2.95. The number of aliphatic hydroxyl groups excluding tert-OH is 1. The summed E-state index contributed by atoms with van der Waals surface area (Å²) in [4.78, 5) is 61.2. The topological polar surface area (TPSA) is 284 Å². The summed E-state index contributed by atoms with van der Waals surface area (Å²) in [6.45, 7) is -0.508. The molecule has 0 aliphatic rings. The Morgan fingerprint density at radius 3 is 2.15 bits per heavy atom. The zero-order valence-electron chi connectivity index (χ0n) is 21.6. The van der Waals surface area contributed by atoms with Gasteiger partial charge in [-0.05, 0) is 30.5 Å². The van der Waals surface area contributed by atoms with Gasteiger partial charge in [0.2, 0.25) is 17.7 Å². The largest absolute Gasteiger partial charge is 0.508 e. The van der Waals surface area contributed by atoms with E-state index in [9.17, 15) is 34.5 Å². The van der Waals surface area contributed by atoms with Gasteiger partial charge < -0.3 is 53.5 Å². The Morgan fingerprint density at radius 2 is 1.57 bits per heavy atom. The number of nitrogens with one attached hydrogen (secondary N) is 4. The van der Waals surface area contributed by atoms with E-state index < -0.39 is 54.5 Å². The van der Waals surface area contributed by atoms with Crippen LogP contribution < -0.4 is 33.2 Å². The maximum Gasteiger partial charge on any atom is 0.326 e. The molecule has 0 saturated heterocycles. The summed E-state index contributed by atoms with van der Waals surface area (Å²) in [5, 5.41) is 35.9. The number of benzene rings is 1. The molecular weight excluding hydrogens is 526 g/mol. The van der Waals surface area contributed by atoms with Crippen molar-refractivity contribution in [3.8, 4) is 5.75 Å². The number of amides is 3. The highest BCUT2D eigenvalue weighted by Crippen LogP contribution is 2.12. The Labute approximate surface area is 229 Å². The van der Waals surface area contributed by atoms with Crippen molar-refractivity contribution >= 4 is 29.7 Å². The quantitative estimate of drug-likeness (QED) is 0.0553. The van der Waals surface area contributed by atoms with Gasteiger partial charge in [0.15, 0.2) is 5.96 Å². The average Bonchev–Trinajstić information content (AvgIpc) is 3.43. The molecule has 0 bridgehead atoms. The number of carbonyl (C=O) groups excluding carboxylic acids is 3. The number of carboxylic acids is 1. The molecule has 3 amide bonds. The summed E-state index contributed by atoms with van der Waals surface area (Å²) in [7, 11) is 0. The summed E-state index contributed by atoms with van der Waals surface area (Å²) in [5.41, 5.74) is 17.2. The molecule has 0 saturated carbocycles. The zero-order valence-corrected chi connectivity index (χ0v) is 21.6. The first-order valence-electron chi connectivity index (χ1n) is 12.3. The fourth-order valence-corrected chi connectivity index (χ4v) is 3.57. The number of H-pyrrole nitrogens is 1. The van der Waals surface area contributed by atoms with Gasteiger partial charge >= 0.3 is 5.97 Å². The molecule has 2 rings (SSSR count). The van der Waals surface area contributed by atoms with Gasteiger partial charge in [-0.15, -0.1) is 0 Å². The number of nitrogens with zero attached hydrogens (tertiary/aromatic N) is 2. The van der Waals surface area contributed by atoms with Crippen molar-refractivity contribution in [2.24, 2.45) is 22.2 Å². The lowest BCUT2D eigenvalue weighted by molar-refractivity contribution is -0.142. The second-order valence-corrected chi connectivity index (χ2v) is 8.91. The predicted octanol–water partition coefficient (Wildman–Crippen LogP) is -3.19. The minimum absolute atomic E-state index is 0.0111. The summed E-state index contributed by atoms with van der Waals surface area (Å²) in [5.74, 6) is -3.83.